The van der Waals surface area contributed by atoms with Crippen LogP contribution in [0.25, 0.3) is 0 Å². The molecule has 2 rings (SSSR count). The second-order valence-corrected chi connectivity index (χ2v) is 7.14. The highest BCUT2D eigenvalue weighted by Crippen LogP contribution is 2.29. The second-order valence-electron chi connectivity index (χ2n) is 7.14. The van der Waals surface area contributed by atoms with Gasteiger partial charge in [-0.1, -0.05) is 12.1 Å². The Morgan fingerprint density at radius 3 is 2.28 bits per heavy atom. The van der Waals surface area contributed by atoms with Crippen LogP contribution in [-0.2, 0) is 33.5 Å². The highest BCUT2D eigenvalue weighted by Gasteiger charge is 2.30. The number of benzene rings is 2. The molecule has 1 unspecified atom stereocenters. The number of carboxylic acids is 1. The van der Waals surface area contributed by atoms with Gasteiger partial charge in [-0.15, -0.1) is 0 Å². The Morgan fingerprint density at radius 1 is 1.09 bits per heavy atom. The van der Waals surface area contributed by atoms with Gasteiger partial charge >= 0.3 is 18.2 Å². The summed E-state index contributed by atoms with van der Waals surface area (Å²) in [7, 11) is 1.43. The van der Waals surface area contributed by atoms with Gasteiger partial charge in [0.05, 0.1) is 18.8 Å². The molecule has 0 heterocycles. The molecule has 2 N–H and O–H groups in total. The van der Waals surface area contributed by atoms with E-state index in [1.54, 1.807) is 26.0 Å². The number of carbonyl (C=O) groups is 2. The summed E-state index contributed by atoms with van der Waals surface area (Å²) in [6.45, 7) is 3.21. The largest absolute Gasteiger partial charge is 0.496 e. The molecule has 0 fully saturated rings. The smallest absolute Gasteiger partial charge is 0.416 e. The van der Waals surface area contributed by atoms with E-state index >= 15 is 0 Å². The minimum atomic E-state index is -4.44. The lowest BCUT2D eigenvalue weighted by atomic mass is 10.1. The lowest BCUT2D eigenvalue weighted by Gasteiger charge is -2.18. The van der Waals surface area contributed by atoms with Gasteiger partial charge in [-0.05, 0) is 55.3 Å². The first-order valence-electron chi connectivity index (χ1n) is 9.64. The average molecular weight is 455 g/mol. The Kier molecular flexibility index (Phi) is 8.48. The van der Waals surface area contributed by atoms with Crippen molar-refractivity contribution in [3.8, 4) is 5.75 Å². The van der Waals surface area contributed by atoms with E-state index in [1.807, 2.05) is 0 Å². The molecule has 2 aromatic carbocycles. The lowest BCUT2D eigenvalue weighted by molar-refractivity contribution is -0.153. The molecule has 7 nitrogen and oxygen atoms in total. The first-order valence-corrected chi connectivity index (χ1v) is 9.64. The van der Waals surface area contributed by atoms with Crippen molar-refractivity contribution < 1.29 is 42.1 Å². The van der Waals surface area contributed by atoms with Crippen LogP contribution in [0, 0.1) is 0 Å². The highest BCUT2D eigenvalue weighted by molar-refractivity contribution is 5.85. The number of methoxy groups -OCH3 is 1. The van der Waals surface area contributed by atoms with Crippen LogP contribution in [0.1, 0.15) is 30.5 Å². The standard InChI is InChI=1S/C22H24F3NO6/c1-13(2)32-19(20(27)28)11-15-10-17(8-9-18(15)30-3)26-21(29)31-12-14-4-6-16(7-5-14)22(23,24)25/h4-10,13,19H,11-12H2,1-3H3,(H,26,29)(H,27,28). The fourth-order valence-corrected chi connectivity index (χ4v) is 2.83. The maximum Gasteiger partial charge on any atom is 0.416 e. The topological polar surface area (TPSA) is 94.1 Å². The maximum atomic E-state index is 12.6. The van der Waals surface area contributed by atoms with Gasteiger partial charge in [0, 0.05) is 12.1 Å². The number of nitrogens with one attached hydrogen (secondary N) is 1. The second kappa shape index (κ2) is 10.9. The van der Waals surface area contributed by atoms with Gasteiger partial charge in [-0.2, -0.15) is 13.2 Å². The first kappa shape index (κ1) is 25.0. The summed E-state index contributed by atoms with van der Waals surface area (Å²) >= 11 is 0. The third-order valence-electron chi connectivity index (χ3n) is 4.30. The number of alkyl halides is 3. The number of aliphatic carboxylic acids is 1. The van der Waals surface area contributed by atoms with Crippen molar-refractivity contribution in [1.82, 2.24) is 0 Å². The summed E-state index contributed by atoms with van der Waals surface area (Å²) in [5, 5.41) is 11.9. The predicted molar refractivity (Wildman–Crippen MR) is 110 cm³/mol. The van der Waals surface area contributed by atoms with Gasteiger partial charge in [0.15, 0.2) is 6.10 Å². The van der Waals surface area contributed by atoms with Gasteiger partial charge in [0.1, 0.15) is 12.4 Å². The number of rotatable bonds is 9. The van der Waals surface area contributed by atoms with Crippen LogP contribution in [0.4, 0.5) is 23.7 Å². The molecule has 2 aromatic rings. The number of anilines is 1. The Morgan fingerprint density at radius 2 is 1.75 bits per heavy atom. The molecule has 0 aliphatic rings. The third kappa shape index (κ3) is 7.45. The number of halogens is 3. The van der Waals surface area contributed by atoms with Gasteiger partial charge in [-0.25, -0.2) is 9.59 Å². The van der Waals surface area contributed by atoms with Crippen LogP contribution < -0.4 is 10.1 Å². The highest BCUT2D eigenvalue weighted by atomic mass is 19.4. The van der Waals surface area contributed by atoms with Crippen LogP contribution in [0.3, 0.4) is 0 Å². The third-order valence-corrected chi connectivity index (χ3v) is 4.30. The monoisotopic (exact) mass is 455 g/mol. The molecule has 0 bridgehead atoms. The number of carboxylic acid groups (broad SMARTS) is 1. The van der Waals surface area contributed by atoms with Gasteiger partial charge in [0.25, 0.3) is 0 Å². The molecule has 0 radical (unpaired) electrons. The van der Waals surface area contributed by atoms with Crippen molar-refractivity contribution >= 4 is 17.7 Å². The van der Waals surface area contributed by atoms with Crippen molar-refractivity contribution in [2.75, 3.05) is 12.4 Å². The van der Waals surface area contributed by atoms with Crippen LogP contribution in [0.15, 0.2) is 42.5 Å². The van der Waals surface area contributed by atoms with E-state index < -0.39 is 29.9 Å². The number of hydrogen-bond donors (Lipinski definition) is 2. The van der Waals surface area contributed by atoms with E-state index in [9.17, 15) is 27.9 Å². The zero-order valence-corrected chi connectivity index (χ0v) is 17.7. The van der Waals surface area contributed by atoms with E-state index in [-0.39, 0.29) is 19.1 Å². The summed E-state index contributed by atoms with van der Waals surface area (Å²) in [6, 6.07) is 8.91. The van der Waals surface area contributed by atoms with Gasteiger partial charge in [0.2, 0.25) is 0 Å². The molecule has 32 heavy (non-hydrogen) atoms. The molecule has 174 valence electrons. The zero-order chi connectivity index (χ0) is 23.9. The number of hydrogen-bond acceptors (Lipinski definition) is 5. The van der Waals surface area contributed by atoms with Gasteiger partial charge < -0.3 is 19.3 Å². The van der Waals surface area contributed by atoms with Crippen LogP contribution in [-0.4, -0.2) is 36.5 Å². The maximum absolute atomic E-state index is 12.6. The van der Waals surface area contributed by atoms with Crippen LogP contribution in [0.2, 0.25) is 0 Å². The van der Waals surface area contributed by atoms with E-state index in [0.717, 1.165) is 12.1 Å². The van der Waals surface area contributed by atoms with E-state index in [2.05, 4.69) is 5.32 Å². The van der Waals surface area contributed by atoms with E-state index in [1.165, 1.54) is 25.3 Å². The molecule has 1 atom stereocenters. The summed E-state index contributed by atoms with van der Waals surface area (Å²) < 4.78 is 53.5. The van der Waals surface area contributed by atoms with E-state index in [4.69, 9.17) is 14.2 Å². The summed E-state index contributed by atoms with van der Waals surface area (Å²) in [5.74, 6) is -0.706. The molecule has 0 saturated heterocycles. The lowest BCUT2D eigenvalue weighted by Crippen LogP contribution is -2.29. The summed E-state index contributed by atoms with van der Waals surface area (Å²) in [4.78, 5) is 23.6. The Hall–Kier alpha value is -3.27. The van der Waals surface area contributed by atoms with Crippen molar-refractivity contribution in [3.05, 3.63) is 59.2 Å². The fourth-order valence-electron chi connectivity index (χ4n) is 2.83. The summed E-state index contributed by atoms with van der Waals surface area (Å²) in [6.07, 6.45) is -6.67. The molecule has 0 saturated carbocycles. The molecule has 1 amide bonds. The fraction of sp³-hybridized carbons (Fsp3) is 0.364. The van der Waals surface area contributed by atoms with Crippen LogP contribution >= 0.6 is 0 Å². The Labute approximate surface area is 183 Å². The molecular weight excluding hydrogens is 431 g/mol. The molecule has 0 spiro atoms. The number of carbonyl (C=O) groups excluding carboxylic acids is 1. The molecule has 10 heteroatoms. The van der Waals surface area contributed by atoms with E-state index in [0.29, 0.717) is 22.6 Å². The minimum absolute atomic E-state index is 0.00675. The van der Waals surface area contributed by atoms with Crippen molar-refractivity contribution in [1.29, 1.82) is 0 Å². The first-order chi connectivity index (χ1) is 15.0. The zero-order valence-electron chi connectivity index (χ0n) is 17.7. The van der Waals surface area contributed by atoms with Crippen LogP contribution in [0.5, 0.6) is 5.75 Å². The SMILES string of the molecule is COc1ccc(NC(=O)OCc2ccc(C(F)(F)F)cc2)cc1CC(OC(C)C)C(=O)O. The van der Waals surface area contributed by atoms with Crippen molar-refractivity contribution in [2.45, 2.75) is 45.3 Å². The van der Waals surface area contributed by atoms with Crippen molar-refractivity contribution in [2.24, 2.45) is 0 Å². The molecule has 0 aromatic heterocycles. The number of amides is 1. The van der Waals surface area contributed by atoms with Crippen molar-refractivity contribution in [3.63, 3.8) is 0 Å². The molecule has 0 aliphatic carbocycles. The number of ether oxygens (including phenoxy) is 3. The predicted octanol–water partition coefficient (Wildman–Crippen LogP) is 4.88. The quantitative estimate of drug-likeness (QED) is 0.560. The molecule has 0 aliphatic heterocycles. The van der Waals surface area contributed by atoms with Gasteiger partial charge in [-0.3, -0.25) is 5.32 Å². The Balaban J connectivity index is 2.03. The molecular formula is C22H24F3NO6. The summed E-state index contributed by atoms with van der Waals surface area (Å²) in [5.41, 5.74) is 0.421. The average Bonchev–Trinajstić information content (AvgIpc) is 2.71. The Bertz CT molecular complexity index is 928. The minimum Gasteiger partial charge on any atom is -0.496 e. The normalized spacial score (nSPS) is 12.3.